The van der Waals surface area contributed by atoms with E-state index in [1.54, 1.807) is 45.0 Å². The first kappa shape index (κ1) is 31.8. The van der Waals surface area contributed by atoms with Crippen LogP contribution in [-0.4, -0.2) is 86.9 Å². The first-order valence-electron chi connectivity index (χ1n) is 13.3. The van der Waals surface area contributed by atoms with Crippen LogP contribution in [0.2, 0.25) is 18.1 Å². The molecule has 0 spiro atoms. The zero-order chi connectivity index (χ0) is 30.1. The molecule has 0 bridgehead atoms. The van der Waals surface area contributed by atoms with Gasteiger partial charge in [0.05, 0.1) is 18.7 Å². The van der Waals surface area contributed by atoms with Gasteiger partial charge < -0.3 is 24.5 Å². The van der Waals surface area contributed by atoms with Gasteiger partial charge in [-0.2, -0.15) is 17.0 Å². The maximum absolute atomic E-state index is 13.6. The number of hydrogen-bond donors (Lipinski definition) is 2. The third-order valence-electron chi connectivity index (χ3n) is 7.23. The van der Waals surface area contributed by atoms with Gasteiger partial charge in [-0.05, 0) is 44.5 Å². The number of ether oxygens (including phenoxy) is 2. The van der Waals surface area contributed by atoms with Crippen molar-refractivity contribution in [3.05, 3.63) is 35.9 Å². The van der Waals surface area contributed by atoms with Crippen LogP contribution in [0.4, 0.5) is 9.59 Å². The molecule has 224 valence electrons. The Bertz CT molecular complexity index is 1200. The van der Waals surface area contributed by atoms with Crippen molar-refractivity contribution in [3.63, 3.8) is 0 Å². The summed E-state index contributed by atoms with van der Waals surface area (Å²) in [4.78, 5) is 37.6. The monoisotopic (exact) mass is 598 g/mol. The van der Waals surface area contributed by atoms with Crippen LogP contribution in [0.1, 0.15) is 47.1 Å². The minimum atomic E-state index is -4.32. The van der Waals surface area contributed by atoms with Crippen molar-refractivity contribution in [2.24, 2.45) is 0 Å². The Hall–Kier alpha value is -2.68. The molecule has 1 aromatic carbocycles. The predicted octanol–water partition coefficient (Wildman–Crippen LogP) is 2.97. The summed E-state index contributed by atoms with van der Waals surface area (Å²) in [5.74, 6) is -0.454. The highest BCUT2D eigenvalue weighted by molar-refractivity contribution is 7.87. The minimum Gasteiger partial charge on any atom is -0.444 e. The molecule has 2 aliphatic rings. The van der Waals surface area contributed by atoms with Crippen molar-refractivity contribution in [2.45, 2.75) is 90.0 Å². The van der Waals surface area contributed by atoms with Gasteiger partial charge in [-0.1, -0.05) is 51.1 Å². The summed E-state index contributed by atoms with van der Waals surface area (Å²) < 4.78 is 46.0. The van der Waals surface area contributed by atoms with Gasteiger partial charge in [0.1, 0.15) is 18.2 Å². The second-order valence-electron chi connectivity index (χ2n) is 12.6. The molecule has 3 rings (SSSR count). The van der Waals surface area contributed by atoms with Crippen LogP contribution in [-0.2, 0) is 35.5 Å². The van der Waals surface area contributed by atoms with Gasteiger partial charge in [0, 0.05) is 13.1 Å². The average Bonchev–Trinajstić information content (AvgIpc) is 3.07. The number of hydrogen-bond acceptors (Lipinski definition) is 8. The molecule has 2 fully saturated rings. The molecule has 0 radical (unpaired) electrons. The molecular formula is C26H42N4O8SSi. The Morgan fingerprint density at radius 3 is 2.27 bits per heavy atom. The van der Waals surface area contributed by atoms with Gasteiger partial charge in [-0.25, -0.2) is 9.59 Å². The second kappa shape index (κ2) is 11.7. The SMILES string of the molecule is CC(C)(C)OC(=O)N[C@@H]1C(=O)N[C@@H]1CN1C[C@@H](CO[Si](C)(C)C(C)(C)C)N(C(=O)OCc2ccccc2)S1(=O)=O. The molecule has 2 heterocycles. The number of carbonyl (C=O) groups excluding carboxylic acids is 3. The Balaban J connectivity index is 1.77. The van der Waals surface area contributed by atoms with Crippen molar-refractivity contribution in [1.29, 1.82) is 0 Å². The highest BCUT2D eigenvalue weighted by atomic mass is 32.2. The lowest BCUT2D eigenvalue weighted by molar-refractivity contribution is -0.131. The van der Waals surface area contributed by atoms with E-state index in [1.807, 2.05) is 19.2 Å². The lowest BCUT2D eigenvalue weighted by Crippen LogP contribution is -2.72. The first-order valence-corrected chi connectivity index (χ1v) is 17.6. The van der Waals surface area contributed by atoms with Gasteiger partial charge >= 0.3 is 22.4 Å². The Morgan fingerprint density at radius 2 is 1.73 bits per heavy atom. The summed E-state index contributed by atoms with van der Waals surface area (Å²) in [6, 6.07) is 6.43. The predicted molar refractivity (Wildman–Crippen MR) is 151 cm³/mol. The number of benzene rings is 1. The highest BCUT2D eigenvalue weighted by Crippen LogP contribution is 2.37. The third kappa shape index (κ3) is 7.53. The summed E-state index contributed by atoms with van der Waals surface area (Å²) in [6.45, 7) is 15.1. The number of rotatable bonds is 8. The van der Waals surface area contributed by atoms with Crippen LogP contribution in [0.5, 0.6) is 0 Å². The molecule has 0 aromatic heterocycles. The zero-order valence-electron chi connectivity index (χ0n) is 24.5. The lowest BCUT2D eigenvalue weighted by atomic mass is 9.99. The van der Waals surface area contributed by atoms with E-state index >= 15 is 0 Å². The van der Waals surface area contributed by atoms with Crippen molar-refractivity contribution < 1.29 is 36.7 Å². The van der Waals surface area contributed by atoms with Crippen LogP contribution in [0.25, 0.3) is 0 Å². The van der Waals surface area contributed by atoms with E-state index in [2.05, 4.69) is 31.4 Å². The smallest absolute Gasteiger partial charge is 0.425 e. The number of alkyl carbamates (subject to hydrolysis) is 1. The maximum atomic E-state index is 13.6. The van der Waals surface area contributed by atoms with Crippen LogP contribution < -0.4 is 10.6 Å². The van der Waals surface area contributed by atoms with Crippen LogP contribution in [0, 0.1) is 0 Å². The van der Waals surface area contributed by atoms with Crippen molar-refractivity contribution in [3.8, 4) is 0 Å². The summed E-state index contributed by atoms with van der Waals surface area (Å²) in [5.41, 5.74) is -0.0533. The fraction of sp³-hybridized carbons (Fsp3) is 0.654. The Morgan fingerprint density at radius 1 is 1.10 bits per heavy atom. The minimum absolute atomic E-state index is 0.00325. The molecule has 1 aromatic rings. The zero-order valence-corrected chi connectivity index (χ0v) is 26.3. The largest absolute Gasteiger partial charge is 0.444 e. The van der Waals surface area contributed by atoms with Crippen LogP contribution in [0.3, 0.4) is 0 Å². The van der Waals surface area contributed by atoms with Gasteiger partial charge in [-0.3, -0.25) is 4.79 Å². The quantitative estimate of drug-likeness (QED) is 0.343. The summed E-state index contributed by atoms with van der Waals surface area (Å²) in [7, 11) is -6.59. The molecule has 0 aliphatic carbocycles. The van der Waals surface area contributed by atoms with E-state index in [-0.39, 0.29) is 31.3 Å². The highest BCUT2D eigenvalue weighted by Gasteiger charge is 2.52. The van der Waals surface area contributed by atoms with E-state index in [1.165, 1.54) is 0 Å². The Labute approximate surface area is 238 Å². The average molecular weight is 599 g/mol. The molecule has 2 saturated heterocycles. The molecule has 14 heteroatoms. The van der Waals surface area contributed by atoms with E-state index in [0.717, 1.165) is 8.61 Å². The van der Waals surface area contributed by atoms with Gasteiger partial charge in [0.2, 0.25) is 5.91 Å². The normalized spacial score (nSPS) is 23.2. The molecule has 0 saturated carbocycles. The molecule has 12 nitrogen and oxygen atoms in total. The van der Waals surface area contributed by atoms with Crippen molar-refractivity contribution >= 4 is 36.6 Å². The fourth-order valence-corrected chi connectivity index (χ4v) is 6.71. The van der Waals surface area contributed by atoms with E-state index in [4.69, 9.17) is 13.9 Å². The fourth-order valence-electron chi connectivity index (χ4n) is 3.97. The number of amides is 3. The molecular weight excluding hydrogens is 556 g/mol. The second-order valence-corrected chi connectivity index (χ2v) is 19.2. The standard InChI is InChI=1S/C26H42N4O8SSi/c1-25(2,3)38-23(32)28-21-20(27-22(21)31)15-29-14-19(17-37-40(7,8)26(4,5)6)30(39(29,34)35)24(33)36-16-18-12-10-9-11-13-18/h9-13,19-21H,14-17H2,1-8H3,(H,27,31)(H,28,32)/t19-,20+,21-/m0/s1. The van der Waals surface area contributed by atoms with Crippen LogP contribution in [0.15, 0.2) is 30.3 Å². The summed E-state index contributed by atoms with van der Waals surface area (Å²) >= 11 is 0. The van der Waals surface area contributed by atoms with Crippen molar-refractivity contribution in [2.75, 3.05) is 19.7 Å². The van der Waals surface area contributed by atoms with E-state index in [0.29, 0.717) is 5.56 Å². The molecule has 3 atom stereocenters. The summed E-state index contributed by atoms with van der Waals surface area (Å²) in [6.07, 6.45) is -1.79. The number of nitrogens with one attached hydrogen (secondary N) is 2. The Kier molecular flexibility index (Phi) is 9.28. The molecule has 40 heavy (non-hydrogen) atoms. The van der Waals surface area contributed by atoms with E-state index < -0.39 is 60.3 Å². The molecule has 2 N–H and O–H groups in total. The van der Waals surface area contributed by atoms with Crippen LogP contribution >= 0.6 is 0 Å². The molecule has 3 amide bonds. The number of nitrogens with zero attached hydrogens (tertiary/aromatic N) is 2. The van der Waals surface area contributed by atoms with Gasteiger partial charge in [0.25, 0.3) is 0 Å². The number of carbonyl (C=O) groups is 3. The summed E-state index contributed by atoms with van der Waals surface area (Å²) in [5, 5.41) is 5.01. The number of β-lactam (4-membered cyclic amide) rings is 1. The topological polar surface area (TPSA) is 144 Å². The molecule has 2 aliphatic heterocycles. The third-order valence-corrected chi connectivity index (χ3v) is 13.6. The van der Waals surface area contributed by atoms with Crippen molar-refractivity contribution in [1.82, 2.24) is 19.2 Å². The van der Waals surface area contributed by atoms with E-state index in [9.17, 15) is 22.8 Å². The first-order chi connectivity index (χ1) is 18.3. The molecule has 0 unspecified atom stereocenters. The maximum Gasteiger partial charge on any atom is 0.425 e. The lowest BCUT2D eigenvalue weighted by Gasteiger charge is -2.38. The van der Waals surface area contributed by atoms with Gasteiger partial charge in [-0.15, -0.1) is 0 Å². The van der Waals surface area contributed by atoms with Gasteiger partial charge in [0.15, 0.2) is 8.32 Å².